The van der Waals surface area contributed by atoms with Gasteiger partial charge in [0.15, 0.2) is 0 Å². The van der Waals surface area contributed by atoms with Crippen molar-refractivity contribution in [3.8, 4) is 0 Å². The maximum Gasteiger partial charge on any atom is 0.326 e. The molecule has 0 heterocycles. The van der Waals surface area contributed by atoms with Crippen LogP contribution in [0.3, 0.4) is 0 Å². The van der Waals surface area contributed by atoms with Crippen molar-refractivity contribution in [1.82, 2.24) is 4.90 Å². The largest absolute Gasteiger partial charge is 0.480 e. The first-order valence-electron chi connectivity index (χ1n) is 4.89. The number of rotatable bonds is 7. The topological polar surface area (TPSA) is 101 Å². The Hall–Kier alpha value is -0.470. The second kappa shape index (κ2) is 8.60. The molecular formula is C9H14Br2N2O4. The Morgan fingerprint density at radius 2 is 1.65 bits per heavy atom. The van der Waals surface area contributed by atoms with Crippen molar-refractivity contribution >= 4 is 49.6 Å². The van der Waals surface area contributed by atoms with Gasteiger partial charge in [0, 0.05) is 0 Å². The number of carbonyl (C=O) groups is 3. The SMILES string of the molecule is NCCC[C@H](C(=O)O)N(C(=O)CBr)C(=O)CBr. The van der Waals surface area contributed by atoms with Crippen molar-refractivity contribution in [3.05, 3.63) is 0 Å². The monoisotopic (exact) mass is 372 g/mol. The van der Waals surface area contributed by atoms with E-state index in [2.05, 4.69) is 31.9 Å². The molecule has 1 atom stereocenters. The van der Waals surface area contributed by atoms with Gasteiger partial charge in [0.2, 0.25) is 11.8 Å². The maximum absolute atomic E-state index is 11.6. The summed E-state index contributed by atoms with van der Waals surface area (Å²) in [5.74, 6) is -2.35. The fraction of sp³-hybridized carbons (Fsp3) is 0.667. The number of nitrogens with zero attached hydrogens (tertiary/aromatic N) is 1. The van der Waals surface area contributed by atoms with Crippen LogP contribution < -0.4 is 5.73 Å². The van der Waals surface area contributed by atoms with Gasteiger partial charge in [-0.05, 0) is 19.4 Å². The Kier molecular flexibility index (Phi) is 8.36. The molecule has 0 aliphatic rings. The molecule has 0 aromatic rings. The van der Waals surface area contributed by atoms with E-state index in [1.807, 2.05) is 0 Å². The molecule has 17 heavy (non-hydrogen) atoms. The number of nitrogens with two attached hydrogens (primary N) is 1. The summed E-state index contributed by atoms with van der Waals surface area (Å²) in [7, 11) is 0. The summed E-state index contributed by atoms with van der Waals surface area (Å²) in [5, 5.41) is 8.84. The number of aliphatic carboxylic acids is 1. The van der Waals surface area contributed by atoms with Gasteiger partial charge in [0.25, 0.3) is 0 Å². The molecule has 0 aromatic heterocycles. The van der Waals surface area contributed by atoms with Gasteiger partial charge in [-0.3, -0.25) is 14.5 Å². The first-order valence-corrected chi connectivity index (χ1v) is 7.13. The molecule has 2 amide bonds. The predicted molar refractivity (Wildman–Crippen MR) is 69.2 cm³/mol. The Morgan fingerprint density at radius 1 is 1.18 bits per heavy atom. The molecule has 3 N–H and O–H groups in total. The lowest BCUT2D eigenvalue weighted by Crippen LogP contribution is -2.49. The maximum atomic E-state index is 11.6. The normalized spacial score (nSPS) is 11.9. The number of amides is 2. The number of carboxylic acids is 1. The van der Waals surface area contributed by atoms with E-state index in [1.54, 1.807) is 0 Å². The summed E-state index contributed by atoms with van der Waals surface area (Å²) >= 11 is 5.84. The van der Waals surface area contributed by atoms with Gasteiger partial charge in [0.1, 0.15) is 6.04 Å². The van der Waals surface area contributed by atoms with E-state index >= 15 is 0 Å². The minimum absolute atomic E-state index is 0.0991. The van der Waals surface area contributed by atoms with E-state index in [-0.39, 0.29) is 17.1 Å². The quantitative estimate of drug-likeness (QED) is 0.626. The molecule has 8 heteroatoms. The minimum atomic E-state index is -1.21. The van der Waals surface area contributed by atoms with Gasteiger partial charge < -0.3 is 10.8 Å². The van der Waals surface area contributed by atoms with Gasteiger partial charge in [0.05, 0.1) is 10.7 Å². The molecule has 0 unspecified atom stereocenters. The number of hydrogen-bond acceptors (Lipinski definition) is 4. The first-order chi connectivity index (χ1) is 7.99. The fourth-order valence-corrected chi connectivity index (χ4v) is 1.83. The van der Waals surface area contributed by atoms with Crippen molar-refractivity contribution in [2.75, 3.05) is 17.2 Å². The summed E-state index contributed by atoms with van der Waals surface area (Å²) in [4.78, 5) is 35.0. The fourth-order valence-electron chi connectivity index (χ4n) is 1.29. The van der Waals surface area contributed by atoms with Gasteiger partial charge in [-0.15, -0.1) is 0 Å². The summed E-state index contributed by atoms with van der Waals surface area (Å²) < 4.78 is 0. The van der Waals surface area contributed by atoms with E-state index in [9.17, 15) is 14.4 Å². The second-order valence-electron chi connectivity index (χ2n) is 3.21. The van der Waals surface area contributed by atoms with E-state index in [0.29, 0.717) is 13.0 Å². The zero-order chi connectivity index (χ0) is 13.4. The van der Waals surface area contributed by atoms with E-state index in [0.717, 1.165) is 4.90 Å². The standard InChI is InChI=1S/C9H14Br2N2O4/c10-4-7(14)13(8(15)5-11)6(9(16)17)2-1-3-12/h6H,1-5,12H2,(H,16,17)/t6-/m1/s1. The molecule has 0 saturated heterocycles. The van der Waals surface area contributed by atoms with Crippen LogP contribution in [-0.4, -0.2) is 51.0 Å². The molecule has 6 nitrogen and oxygen atoms in total. The highest BCUT2D eigenvalue weighted by atomic mass is 79.9. The van der Waals surface area contributed by atoms with Crippen LogP contribution in [0.1, 0.15) is 12.8 Å². The molecule has 0 aliphatic heterocycles. The predicted octanol–water partition coefficient (Wildman–Crippen LogP) is 0.323. The van der Waals surface area contributed by atoms with Crippen LogP contribution in [0.15, 0.2) is 0 Å². The highest BCUT2D eigenvalue weighted by molar-refractivity contribution is 9.09. The van der Waals surface area contributed by atoms with Crippen LogP contribution in [0.4, 0.5) is 0 Å². The third-order valence-corrected chi connectivity index (χ3v) is 3.00. The Balaban J connectivity index is 4.99. The van der Waals surface area contributed by atoms with Gasteiger partial charge in [-0.25, -0.2) is 4.79 Å². The minimum Gasteiger partial charge on any atom is -0.480 e. The molecular weight excluding hydrogens is 360 g/mol. The van der Waals surface area contributed by atoms with Gasteiger partial charge >= 0.3 is 5.97 Å². The highest BCUT2D eigenvalue weighted by Gasteiger charge is 2.32. The van der Waals surface area contributed by atoms with Crippen LogP contribution >= 0.6 is 31.9 Å². The number of carbonyl (C=O) groups excluding carboxylic acids is 2. The lowest BCUT2D eigenvalue weighted by atomic mass is 10.1. The van der Waals surface area contributed by atoms with E-state index in [4.69, 9.17) is 10.8 Å². The van der Waals surface area contributed by atoms with Gasteiger partial charge in [-0.2, -0.15) is 0 Å². The van der Waals surface area contributed by atoms with Crippen molar-refractivity contribution in [1.29, 1.82) is 0 Å². The molecule has 0 aromatic carbocycles. The number of carboxylic acid groups (broad SMARTS) is 1. The molecule has 0 spiro atoms. The molecule has 0 radical (unpaired) electrons. The van der Waals surface area contributed by atoms with Crippen LogP contribution in [0.5, 0.6) is 0 Å². The van der Waals surface area contributed by atoms with Gasteiger partial charge in [-0.1, -0.05) is 31.9 Å². The smallest absolute Gasteiger partial charge is 0.326 e. The highest BCUT2D eigenvalue weighted by Crippen LogP contribution is 2.11. The summed E-state index contributed by atoms with van der Waals surface area (Å²) in [5.41, 5.74) is 5.29. The second-order valence-corrected chi connectivity index (χ2v) is 4.33. The molecule has 98 valence electrons. The van der Waals surface area contributed by atoms with Crippen molar-refractivity contribution in [2.24, 2.45) is 5.73 Å². The number of alkyl halides is 2. The molecule has 0 saturated carbocycles. The summed E-state index contributed by atoms with van der Waals surface area (Å²) in [6.45, 7) is 0.308. The Morgan fingerprint density at radius 3 is 1.94 bits per heavy atom. The summed E-state index contributed by atoms with van der Waals surface area (Å²) in [6.07, 6.45) is 0.585. The van der Waals surface area contributed by atoms with E-state index in [1.165, 1.54) is 0 Å². The van der Waals surface area contributed by atoms with Crippen molar-refractivity contribution in [2.45, 2.75) is 18.9 Å². The Labute approximate surface area is 116 Å². The van der Waals surface area contributed by atoms with Crippen molar-refractivity contribution < 1.29 is 19.5 Å². The molecule has 0 bridgehead atoms. The number of imide groups is 1. The average Bonchev–Trinajstić information content (AvgIpc) is 2.32. The Bertz CT molecular complexity index is 283. The molecule has 0 rings (SSSR count). The third-order valence-electron chi connectivity index (χ3n) is 2.04. The molecule has 0 aliphatic carbocycles. The number of hydrogen-bond donors (Lipinski definition) is 2. The third kappa shape index (κ3) is 5.13. The zero-order valence-corrected chi connectivity index (χ0v) is 12.2. The zero-order valence-electron chi connectivity index (χ0n) is 9.07. The van der Waals surface area contributed by atoms with Crippen LogP contribution in [0.2, 0.25) is 0 Å². The lowest BCUT2D eigenvalue weighted by molar-refractivity contribution is -0.156. The van der Waals surface area contributed by atoms with Crippen LogP contribution in [0, 0.1) is 0 Å². The summed E-state index contributed by atoms with van der Waals surface area (Å²) in [6, 6.07) is -1.16. The average molecular weight is 374 g/mol. The van der Waals surface area contributed by atoms with E-state index < -0.39 is 23.8 Å². The lowest BCUT2D eigenvalue weighted by Gasteiger charge is -2.26. The van der Waals surface area contributed by atoms with Crippen molar-refractivity contribution in [3.63, 3.8) is 0 Å². The first kappa shape index (κ1) is 16.5. The van der Waals surface area contributed by atoms with Crippen LogP contribution in [0.25, 0.3) is 0 Å². The van der Waals surface area contributed by atoms with Crippen LogP contribution in [-0.2, 0) is 14.4 Å². The number of halogens is 2. The molecule has 0 fully saturated rings.